The minimum Gasteiger partial charge on any atom is -0.345 e. The van der Waals surface area contributed by atoms with Gasteiger partial charge in [-0.1, -0.05) is 0 Å². The quantitative estimate of drug-likeness (QED) is 0.882. The maximum atomic E-state index is 12.6. The molecule has 2 heterocycles. The summed E-state index contributed by atoms with van der Waals surface area (Å²) in [5.41, 5.74) is 5.93. The van der Waals surface area contributed by atoms with E-state index in [1.54, 1.807) is 0 Å². The minimum atomic E-state index is 0.148. The van der Waals surface area contributed by atoms with Gasteiger partial charge in [-0.25, -0.2) is 4.98 Å². The van der Waals surface area contributed by atoms with E-state index in [2.05, 4.69) is 14.3 Å². The van der Waals surface area contributed by atoms with Crippen molar-refractivity contribution in [2.24, 2.45) is 11.7 Å². The Hall–Kier alpha value is -1.21. The van der Waals surface area contributed by atoms with Crippen LogP contribution in [0.15, 0.2) is 0 Å². The van der Waals surface area contributed by atoms with Crippen molar-refractivity contribution in [1.29, 1.82) is 0 Å². The van der Waals surface area contributed by atoms with Crippen molar-refractivity contribution >= 4 is 22.6 Å². The Balaban J connectivity index is 1.59. The van der Waals surface area contributed by atoms with E-state index in [1.807, 2.05) is 11.8 Å². The number of anilines is 1. The molecule has 1 saturated heterocycles. The summed E-state index contributed by atoms with van der Waals surface area (Å²) in [5.74, 6) is 1.28. The maximum Gasteiger partial charge on any atom is 0.225 e. The van der Waals surface area contributed by atoms with E-state index in [9.17, 15) is 4.79 Å². The van der Waals surface area contributed by atoms with Crippen molar-refractivity contribution in [3.05, 3.63) is 5.82 Å². The molecule has 0 unspecified atom stereocenters. The first-order chi connectivity index (χ1) is 10.1. The molecular weight excluding hydrogens is 286 g/mol. The molecule has 1 aromatic rings. The van der Waals surface area contributed by atoms with E-state index in [0.717, 1.165) is 62.8 Å². The second kappa shape index (κ2) is 6.27. The summed E-state index contributed by atoms with van der Waals surface area (Å²) in [6, 6.07) is 0.215. The Bertz CT molecular complexity index is 505. The van der Waals surface area contributed by atoms with Crippen LogP contribution in [0.25, 0.3) is 0 Å². The van der Waals surface area contributed by atoms with Gasteiger partial charge in [0.25, 0.3) is 0 Å². The van der Waals surface area contributed by atoms with Gasteiger partial charge in [0.2, 0.25) is 11.0 Å². The highest BCUT2D eigenvalue weighted by molar-refractivity contribution is 7.09. The molecule has 2 aliphatic rings. The topological polar surface area (TPSA) is 75.4 Å². The highest BCUT2D eigenvalue weighted by Crippen LogP contribution is 2.27. The number of carbonyl (C=O) groups is 1. The number of carbonyl (C=O) groups excluding carboxylic acids is 1. The van der Waals surface area contributed by atoms with Gasteiger partial charge in [-0.3, -0.25) is 4.79 Å². The number of aromatic nitrogens is 2. The first kappa shape index (κ1) is 14.7. The highest BCUT2D eigenvalue weighted by Gasteiger charge is 2.31. The lowest BCUT2D eigenvalue weighted by Gasteiger charge is -2.24. The molecule has 1 aliphatic carbocycles. The third-order valence-corrected chi connectivity index (χ3v) is 5.29. The summed E-state index contributed by atoms with van der Waals surface area (Å²) in [7, 11) is 0. The second-order valence-corrected chi connectivity index (χ2v) is 6.79. The van der Waals surface area contributed by atoms with Crippen molar-refractivity contribution in [3.63, 3.8) is 0 Å². The Morgan fingerprint density at radius 3 is 2.81 bits per heavy atom. The normalized spacial score (nSPS) is 27.0. The first-order valence-corrected chi connectivity index (χ1v) is 8.50. The molecule has 3 rings (SSSR count). The molecule has 0 bridgehead atoms. The lowest BCUT2D eigenvalue weighted by atomic mass is 10.1. The molecule has 1 aromatic heterocycles. The van der Waals surface area contributed by atoms with E-state index in [0.29, 0.717) is 5.91 Å². The molecule has 0 aromatic carbocycles. The minimum absolute atomic E-state index is 0.148. The number of hydrogen-bond donors (Lipinski definition) is 1. The number of nitrogens with zero attached hydrogens (tertiary/aromatic N) is 4. The van der Waals surface area contributed by atoms with Crippen LogP contribution < -0.4 is 10.6 Å². The molecule has 1 aliphatic heterocycles. The van der Waals surface area contributed by atoms with Gasteiger partial charge in [0, 0.05) is 49.7 Å². The highest BCUT2D eigenvalue weighted by atomic mass is 32.1. The Morgan fingerprint density at radius 1 is 1.29 bits per heavy atom. The monoisotopic (exact) mass is 309 g/mol. The van der Waals surface area contributed by atoms with Gasteiger partial charge in [0.15, 0.2) is 0 Å². The van der Waals surface area contributed by atoms with E-state index in [4.69, 9.17) is 5.73 Å². The van der Waals surface area contributed by atoms with Crippen LogP contribution in [0.5, 0.6) is 0 Å². The van der Waals surface area contributed by atoms with Crippen molar-refractivity contribution < 1.29 is 4.79 Å². The number of rotatable bonds is 2. The van der Waals surface area contributed by atoms with E-state index < -0.39 is 0 Å². The number of amides is 1. The fourth-order valence-electron chi connectivity index (χ4n) is 3.24. The van der Waals surface area contributed by atoms with Crippen LogP contribution in [0.4, 0.5) is 5.13 Å². The van der Waals surface area contributed by atoms with Crippen molar-refractivity contribution in [2.45, 2.75) is 38.6 Å². The molecule has 7 heteroatoms. The zero-order valence-corrected chi connectivity index (χ0v) is 13.3. The predicted molar refractivity (Wildman–Crippen MR) is 83.4 cm³/mol. The maximum absolute atomic E-state index is 12.6. The van der Waals surface area contributed by atoms with Gasteiger partial charge >= 0.3 is 0 Å². The molecular formula is C14H23N5OS. The molecule has 21 heavy (non-hydrogen) atoms. The molecule has 116 valence electrons. The molecule has 2 N–H and O–H groups in total. The summed E-state index contributed by atoms with van der Waals surface area (Å²) in [6.07, 6.45) is 3.79. The van der Waals surface area contributed by atoms with Crippen molar-refractivity contribution in [3.8, 4) is 0 Å². The van der Waals surface area contributed by atoms with Crippen molar-refractivity contribution in [2.75, 3.05) is 31.1 Å². The standard InChI is InChI=1S/C14H23N5OS/c1-10-16-14(21-17-10)19-6-2-5-18(7-8-19)13(20)11-3-4-12(15)9-11/h11-12H,2-9,15H2,1H3/t11-,12-/m0/s1. The van der Waals surface area contributed by atoms with Crippen LogP contribution in [0.1, 0.15) is 31.5 Å². The molecule has 1 amide bonds. The fraction of sp³-hybridized carbons (Fsp3) is 0.786. The summed E-state index contributed by atoms with van der Waals surface area (Å²) in [4.78, 5) is 21.3. The number of aryl methyl sites for hydroxylation is 1. The third-order valence-electron chi connectivity index (χ3n) is 4.42. The van der Waals surface area contributed by atoms with Gasteiger partial charge < -0.3 is 15.5 Å². The SMILES string of the molecule is Cc1nsc(N2CCCN(C(=O)[C@H]3CC[C@H](N)C3)CC2)n1. The Kier molecular flexibility index (Phi) is 4.40. The van der Waals surface area contributed by atoms with Gasteiger partial charge in [-0.05, 0) is 32.6 Å². The summed E-state index contributed by atoms with van der Waals surface area (Å²) in [5, 5.41) is 0.977. The third kappa shape index (κ3) is 3.35. The lowest BCUT2D eigenvalue weighted by molar-refractivity contribution is -0.135. The smallest absolute Gasteiger partial charge is 0.225 e. The van der Waals surface area contributed by atoms with Gasteiger partial charge in [-0.2, -0.15) is 4.37 Å². The van der Waals surface area contributed by atoms with Crippen LogP contribution >= 0.6 is 11.5 Å². The average molecular weight is 309 g/mol. The molecule has 1 saturated carbocycles. The molecule has 0 spiro atoms. The summed E-state index contributed by atoms with van der Waals surface area (Å²) in [6.45, 7) is 5.33. The summed E-state index contributed by atoms with van der Waals surface area (Å²) >= 11 is 1.45. The number of nitrogens with two attached hydrogens (primary N) is 1. The zero-order chi connectivity index (χ0) is 14.8. The van der Waals surface area contributed by atoms with E-state index in [-0.39, 0.29) is 12.0 Å². The van der Waals surface area contributed by atoms with E-state index >= 15 is 0 Å². The van der Waals surface area contributed by atoms with Crippen LogP contribution in [0.2, 0.25) is 0 Å². The molecule has 2 fully saturated rings. The van der Waals surface area contributed by atoms with E-state index in [1.165, 1.54) is 11.5 Å². The number of hydrogen-bond acceptors (Lipinski definition) is 6. The predicted octanol–water partition coefficient (Wildman–Crippen LogP) is 1.01. The lowest BCUT2D eigenvalue weighted by Crippen LogP contribution is -2.38. The van der Waals surface area contributed by atoms with Crippen LogP contribution in [-0.2, 0) is 4.79 Å². The summed E-state index contributed by atoms with van der Waals surface area (Å²) < 4.78 is 4.24. The second-order valence-electron chi connectivity index (χ2n) is 6.06. The fourth-order valence-corrected chi connectivity index (χ4v) is 3.97. The first-order valence-electron chi connectivity index (χ1n) is 7.73. The van der Waals surface area contributed by atoms with Crippen LogP contribution in [-0.4, -0.2) is 52.4 Å². The van der Waals surface area contributed by atoms with Crippen LogP contribution in [0.3, 0.4) is 0 Å². The average Bonchev–Trinajstić information content (AvgIpc) is 3.00. The van der Waals surface area contributed by atoms with Crippen LogP contribution in [0, 0.1) is 12.8 Å². The molecule has 2 atom stereocenters. The Morgan fingerprint density at radius 2 is 2.14 bits per heavy atom. The van der Waals surface area contributed by atoms with Gasteiger partial charge in [-0.15, -0.1) is 0 Å². The molecule has 6 nitrogen and oxygen atoms in total. The van der Waals surface area contributed by atoms with Crippen molar-refractivity contribution in [1.82, 2.24) is 14.3 Å². The molecule has 0 radical (unpaired) electrons. The zero-order valence-electron chi connectivity index (χ0n) is 12.5. The van der Waals surface area contributed by atoms with Gasteiger partial charge in [0.05, 0.1) is 0 Å². The Labute approximate surface area is 129 Å². The largest absolute Gasteiger partial charge is 0.345 e. The van der Waals surface area contributed by atoms with Gasteiger partial charge in [0.1, 0.15) is 5.82 Å².